The third kappa shape index (κ3) is 0.639. The minimum atomic E-state index is -0.0892. The van der Waals surface area contributed by atoms with Crippen molar-refractivity contribution in [2.45, 2.75) is 0 Å². The van der Waals surface area contributed by atoms with Crippen LogP contribution in [0, 0.1) is 0 Å². The molecule has 0 saturated carbocycles. The molecule has 2 aromatic rings. The highest BCUT2D eigenvalue weighted by molar-refractivity contribution is 5.73. The van der Waals surface area contributed by atoms with Crippen molar-refractivity contribution in [1.82, 2.24) is 4.98 Å². The maximum absolute atomic E-state index is 8.85. The van der Waals surface area contributed by atoms with Gasteiger partial charge < -0.3 is 9.52 Å². The van der Waals surface area contributed by atoms with Gasteiger partial charge in [-0.1, -0.05) is 0 Å². The highest BCUT2D eigenvalue weighted by atomic mass is 16.5. The number of aromatic nitrogens is 1. The summed E-state index contributed by atoms with van der Waals surface area (Å²) in [6.07, 6.45) is 1.65. The van der Waals surface area contributed by atoms with E-state index < -0.39 is 0 Å². The van der Waals surface area contributed by atoms with Crippen LogP contribution >= 0.6 is 0 Å². The van der Waals surface area contributed by atoms with Crippen LogP contribution in [0.15, 0.2) is 28.8 Å². The van der Waals surface area contributed by atoms with E-state index in [0.29, 0.717) is 11.1 Å². The number of fused-ring (bicyclic) bond motifs is 1. The summed E-state index contributed by atoms with van der Waals surface area (Å²) in [7, 11) is 0. The SMILES string of the molecule is Oc1cc2ncccc2o1. The van der Waals surface area contributed by atoms with Crippen molar-refractivity contribution in [1.29, 1.82) is 0 Å². The Balaban J connectivity index is 2.88. The molecule has 0 fully saturated rings. The van der Waals surface area contributed by atoms with Crippen LogP contribution in [0.1, 0.15) is 0 Å². The van der Waals surface area contributed by atoms with Crippen molar-refractivity contribution >= 4 is 11.1 Å². The minimum Gasteiger partial charge on any atom is -0.481 e. The lowest BCUT2D eigenvalue weighted by molar-refractivity contribution is 0.346. The molecule has 0 aliphatic rings. The van der Waals surface area contributed by atoms with Crippen LogP contribution < -0.4 is 0 Å². The van der Waals surface area contributed by atoms with Gasteiger partial charge in [-0.2, -0.15) is 0 Å². The largest absolute Gasteiger partial charge is 0.481 e. The molecule has 0 unspecified atom stereocenters. The van der Waals surface area contributed by atoms with Crippen molar-refractivity contribution in [3.8, 4) is 5.95 Å². The van der Waals surface area contributed by atoms with Crippen LogP contribution in [-0.2, 0) is 0 Å². The molecule has 2 rings (SSSR count). The van der Waals surface area contributed by atoms with E-state index in [1.165, 1.54) is 6.07 Å². The van der Waals surface area contributed by atoms with Gasteiger partial charge in [0.25, 0.3) is 5.95 Å². The van der Waals surface area contributed by atoms with Crippen molar-refractivity contribution < 1.29 is 9.52 Å². The van der Waals surface area contributed by atoms with E-state index in [1.54, 1.807) is 18.3 Å². The molecule has 0 aliphatic heterocycles. The molecule has 0 spiro atoms. The predicted molar refractivity (Wildman–Crippen MR) is 35.7 cm³/mol. The molecule has 0 aliphatic carbocycles. The number of pyridine rings is 1. The van der Waals surface area contributed by atoms with E-state index in [-0.39, 0.29) is 5.95 Å². The lowest BCUT2D eigenvalue weighted by Gasteiger charge is -1.80. The molecule has 3 nitrogen and oxygen atoms in total. The molecule has 0 aromatic carbocycles. The molecule has 10 heavy (non-hydrogen) atoms. The van der Waals surface area contributed by atoms with E-state index in [9.17, 15) is 0 Å². The fourth-order valence-electron chi connectivity index (χ4n) is 0.857. The molecule has 0 amide bonds. The first-order valence-corrected chi connectivity index (χ1v) is 2.90. The minimum absolute atomic E-state index is 0.0892. The summed E-state index contributed by atoms with van der Waals surface area (Å²) in [5.74, 6) is -0.0892. The highest BCUT2D eigenvalue weighted by Gasteiger charge is 1.99. The summed E-state index contributed by atoms with van der Waals surface area (Å²) < 4.78 is 4.86. The van der Waals surface area contributed by atoms with Crippen molar-refractivity contribution in [2.75, 3.05) is 0 Å². The topological polar surface area (TPSA) is 46.3 Å². The molecule has 0 radical (unpaired) electrons. The van der Waals surface area contributed by atoms with Gasteiger partial charge in [0, 0.05) is 12.3 Å². The first-order chi connectivity index (χ1) is 4.86. The molecule has 3 heteroatoms. The van der Waals surface area contributed by atoms with E-state index in [1.807, 2.05) is 0 Å². The standard InChI is InChI=1S/C7H5NO2/c9-7-4-5-6(10-7)2-1-3-8-5/h1-4,9H. The second-order valence-electron chi connectivity index (χ2n) is 1.97. The van der Waals surface area contributed by atoms with Gasteiger partial charge in [0.1, 0.15) is 5.52 Å². The Morgan fingerprint density at radius 2 is 2.40 bits per heavy atom. The molecular weight excluding hydrogens is 130 g/mol. The van der Waals surface area contributed by atoms with Gasteiger partial charge in [0.2, 0.25) is 0 Å². The Morgan fingerprint density at radius 3 is 3.20 bits per heavy atom. The van der Waals surface area contributed by atoms with Crippen molar-refractivity contribution in [3.05, 3.63) is 24.4 Å². The van der Waals surface area contributed by atoms with Gasteiger partial charge in [-0.05, 0) is 12.1 Å². The van der Waals surface area contributed by atoms with Crippen molar-refractivity contribution in [2.24, 2.45) is 0 Å². The Labute approximate surface area is 56.9 Å². The number of hydrogen-bond donors (Lipinski definition) is 1. The van der Waals surface area contributed by atoms with Gasteiger partial charge in [-0.25, -0.2) is 0 Å². The van der Waals surface area contributed by atoms with Crippen molar-refractivity contribution in [3.63, 3.8) is 0 Å². The molecule has 1 N–H and O–H groups in total. The van der Waals surface area contributed by atoms with Crippen LogP contribution in [0.2, 0.25) is 0 Å². The van der Waals surface area contributed by atoms with Crippen LogP contribution in [0.3, 0.4) is 0 Å². The monoisotopic (exact) mass is 135 g/mol. The predicted octanol–water partition coefficient (Wildman–Crippen LogP) is 1.53. The average Bonchev–Trinajstić information content (AvgIpc) is 2.27. The molecular formula is C7H5NO2. The summed E-state index contributed by atoms with van der Waals surface area (Å²) in [5.41, 5.74) is 1.29. The fourth-order valence-corrected chi connectivity index (χ4v) is 0.857. The lowest BCUT2D eigenvalue weighted by Crippen LogP contribution is -1.66. The van der Waals surface area contributed by atoms with Crippen LogP contribution in [0.5, 0.6) is 5.95 Å². The number of nitrogens with zero attached hydrogens (tertiary/aromatic N) is 1. The maximum Gasteiger partial charge on any atom is 0.284 e. The molecule has 2 heterocycles. The fraction of sp³-hybridized carbons (Fsp3) is 0. The third-order valence-electron chi connectivity index (χ3n) is 1.27. The first-order valence-electron chi connectivity index (χ1n) is 2.90. The zero-order valence-corrected chi connectivity index (χ0v) is 5.11. The normalized spacial score (nSPS) is 10.4. The summed E-state index contributed by atoms with van der Waals surface area (Å²) >= 11 is 0. The Bertz CT molecular complexity index is 320. The number of aromatic hydroxyl groups is 1. The van der Waals surface area contributed by atoms with Gasteiger partial charge in [-0.15, -0.1) is 0 Å². The van der Waals surface area contributed by atoms with E-state index in [0.717, 1.165) is 0 Å². The Hall–Kier alpha value is -1.51. The second kappa shape index (κ2) is 1.73. The van der Waals surface area contributed by atoms with Gasteiger partial charge >= 0.3 is 0 Å². The number of hydrogen-bond acceptors (Lipinski definition) is 3. The van der Waals surface area contributed by atoms with Crippen LogP contribution in [0.25, 0.3) is 11.1 Å². The zero-order chi connectivity index (χ0) is 6.97. The summed E-state index contributed by atoms with van der Waals surface area (Å²) in [6.45, 7) is 0. The first kappa shape index (κ1) is 5.29. The molecule has 0 bridgehead atoms. The van der Waals surface area contributed by atoms with E-state index in [4.69, 9.17) is 9.52 Å². The van der Waals surface area contributed by atoms with Gasteiger partial charge in [0.15, 0.2) is 5.58 Å². The quantitative estimate of drug-likeness (QED) is 0.595. The highest BCUT2D eigenvalue weighted by Crippen LogP contribution is 2.20. The Kier molecular flexibility index (Phi) is 0.917. The van der Waals surface area contributed by atoms with E-state index >= 15 is 0 Å². The smallest absolute Gasteiger partial charge is 0.284 e. The maximum atomic E-state index is 8.85. The van der Waals surface area contributed by atoms with Gasteiger partial charge in [-0.3, -0.25) is 4.98 Å². The molecule has 0 saturated heterocycles. The molecule has 2 aromatic heterocycles. The third-order valence-corrected chi connectivity index (χ3v) is 1.27. The van der Waals surface area contributed by atoms with Crippen LogP contribution in [0.4, 0.5) is 0 Å². The summed E-state index contributed by atoms with van der Waals surface area (Å²) in [6, 6.07) is 4.99. The summed E-state index contributed by atoms with van der Waals surface area (Å²) in [5, 5.41) is 8.85. The van der Waals surface area contributed by atoms with Crippen LogP contribution in [-0.4, -0.2) is 10.1 Å². The van der Waals surface area contributed by atoms with E-state index in [2.05, 4.69) is 4.98 Å². The summed E-state index contributed by atoms with van der Waals surface area (Å²) in [4.78, 5) is 3.95. The zero-order valence-electron chi connectivity index (χ0n) is 5.11. The number of rotatable bonds is 0. The van der Waals surface area contributed by atoms with Gasteiger partial charge in [0.05, 0.1) is 0 Å². The number of furan rings is 1. The second-order valence-corrected chi connectivity index (χ2v) is 1.97. The molecule has 0 atom stereocenters. The Morgan fingerprint density at radius 1 is 1.50 bits per heavy atom. The lowest BCUT2D eigenvalue weighted by atomic mass is 10.4. The molecule has 50 valence electrons. The average molecular weight is 135 g/mol.